The summed E-state index contributed by atoms with van der Waals surface area (Å²) in [6.45, 7) is 0. The Morgan fingerprint density at radius 2 is 2.07 bits per heavy atom. The molecular weight excluding hydrogens is 277 g/mol. The Kier molecular flexibility index (Phi) is 5.42. The van der Waals surface area contributed by atoms with Gasteiger partial charge in [0.25, 0.3) is 0 Å². The van der Waals surface area contributed by atoms with Gasteiger partial charge in [0.2, 0.25) is 0 Å². The predicted octanol–water partition coefficient (Wildman–Crippen LogP) is 2.91. The fraction of sp³-hybridized carbons (Fsp3) is 0.273. The summed E-state index contributed by atoms with van der Waals surface area (Å²) < 4.78 is 0.178. The molecule has 0 aliphatic heterocycles. The van der Waals surface area contributed by atoms with Gasteiger partial charge in [-0.2, -0.15) is 0 Å². The molecule has 0 saturated heterocycles. The zero-order valence-corrected chi connectivity index (χ0v) is 10.5. The molecule has 78 valence electrons. The SMILES string of the molecule is N#CCCC[Se]C(=O)c1ccc(Cl)cc1. The van der Waals surface area contributed by atoms with Gasteiger partial charge in [0, 0.05) is 0 Å². The number of carbonyl (C=O) groups excluding carboxylic acids is 1. The zero-order valence-electron chi connectivity index (χ0n) is 8.07. The minimum absolute atomic E-state index is 0.0509. The Morgan fingerprint density at radius 3 is 2.67 bits per heavy atom. The van der Waals surface area contributed by atoms with Crippen molar-refractivity contribution < 1.29 is 4.79 Å². The van der Waals surface area contributed by atoms with Crippen molar-refractivity contribution in [2.75, 3.05) is 0 Å². The van der Waals surface area contributed by atoms with E-state index < -0.39 is 0 Å². The minimum atomic E-state index is -0.0509. The maximum absolute atomic E-state index is 11.6. The first-order valence-electron chi connectivity index (χ1n) is 4.53. The molecule has 0 atom stereocenters. The van der Waals surface area contributed by atoms with Gasteiger partial charge in [0.15, 0.2) is 0 Å². The summed E-state index contributed by atoms with van der Waals surface area (Å²) in [5, 5.41) is 9.81. The molecule has 15 heavy (non-hydrogen) atoms. The first-order valence-corrected chi connectivity index (χ1v) is 6.98. The van der Waals surface area contributed by atoms with Crippen LogP contribution in [0.15, 0.2) is 24.3 Å². The molecule has 0 heterocycles. The van der Waals surface area contributed by atoms with Gasteiger partial charge in [0.1, 0.15) is 0 Å². The molecule has 1 rings (SSSR count). The molecule has 0 N–H and O–H groups in total. The van der Waals surface area contributed by atoms with E-state index in [4.69, 9.17) is 16.9 Å². The van der Waals surface area contributed by atoms with Crippen LogP contribution in [0.1, 0.15) is 23.2 Å². The van der Waals surface area contributed by atoms with Crippen LogP contribution in [0.25, 0.3) is 0 Å². The average molecular weight is 287 g/mol. The van der Waals surface area contributed by atoms with Crippen LogP contribution in [0.3, 0.4) is 0 Å². The second kappa shape index (κ2) is 6.63. The number of rotatable bonds is 5. The van der Waals surface area contributed by atoms with Gasteiger partial charge in [-0.25, -0.2) is 0 Å². The molecule has 2 nitrogen and oxygen atoms in total. The van der Waals surface area contributed by atoms with E-state index in [2.05, 4.69) is 6.07 Å². The van der Waals surface area contributed by atoms with E-state index in [1.165, 1.54) is 0 Å². The van der Waals surface area contributed by atoms with E-state index in [9.17, 15) is 4.79 Å². The summed E-state index contributed by atoms with van der Waals surface area (Å²) in [6.07, 6.45) is 1.35. The number of nitriles is 1. The van der Waals surface area contributed by atoms with E-state index in [1.54, 1.807) is 24.3 Å². The second-order valence-electron chi connectivity index (χ2n) is 2.90. The fourth-order valence-corrected chi connectivity index (χ4v) is 2.74. The first-order chi connectivity index (χ1) is 7.24. The summed E-state index contributed by atoms with van der Waals surface area (Å²) in [4.78, 5) is 11.6. The number of benzene rings is 1. The van der Waals surface area contributed by atoms with Gasteiger partial charge in [-0.05, 0) is 0 Å². The van der Waals surface area contributed by atoms with Gasteiger partial charge in [-0.1, -0.05) is 0 Å². The third kappa shape index (κ3) is 4.48. The van der Waals surface area contributed by atoms with Crippen LogP contribution in [-0.2, 0) is 0 Å². The molecule has 4 heteroatoms. The number of hydrogen-bond donors (Lipinski definition) is 0. The van der Waals surface area contributed by atoms with Crippen LogP contribution in [0.5, 0.6) is 0 Å². The van der Waals surface area contributed by atoms with E-state index in [0.717, 1.165) is 17.3 Å². The van der Waals surface area contributed by atoms with Crippen LogP contribution >= 0.6 is 11.6 Å². The normalized spacial score (nSPS) is 9.60. The number of halogens is 1. The van der Waals surface area contributed by atoms with Gasteiger partial charge >= 0.3 is 100 Å². The Hall–Kier alpha value is -0.811. The molecule has 0 aliphatic carbocycles. The molecule has 0 amide bonds. The van der Waals surface area contributed by atoms with Crippen molar-refractivity contribution in [2.45, 2.75) is 18.2 Å². The third-order valence-corrected chi connectivity index (χ3v) is 4.08. The van der Waals surface area contributed by atoms with E-state index in [-0.39, 0.29) is 19.6 Å². The van der Waals surface area contributed by atoms with Crippen molar-refractivity contribution in [3.63, 3.8) is 0 Å². The monoisotopic (exact) mass is 287 g/mol. The average Bonchev–Trinajstić information content (AvgIpc) is 2.25. The predicted molar refractivity (Wildman–Crippen MR) is 61.2 cm³/mol. The van der Waals surface area contributed by atoms with Gasteiger partial charge in [-0.15, -0.1) is 0 Å². The molecule has 0 unspecified atom stereocenters. The van der Waals surface area contributed by atoms with Crippen molar-refractivity contribution in [1.82, 2.24) is 0 Å². The van der Waals surface area contributed by atoms with Crippen LogP contribution < -0.4 is 0 Å². The third-order valence-electron chi connectivity index (χ3n) is 1.75. The van der Waals surface area contributed by atoms with E-state index in [1.807, 2.05) is 0 Å². The Morgan fingerprint density at radius 1 is 1.40 bits per heavy atom. The molecule has 0 radical (unpaired) electrons. The summed E-state index contributed by atoms with van der Waals surface area (Å²) >= 11 is 5.67. The van der Waals surface area contributed by atoms with Crippen LogP contribution in [-0.4, -0.2) is 19.6 Å². The van der Waals surface area contributed by atoms with Gasteiger partial charge in [0.05, 0.1) is 0 Å². The fourth-order valence-electron chi connectivity index (χ4n) is 0.985. The topological polar surface area (TPSA) is 40.9 Å². The molecular formula is C11H10ClNOSe. The number of hydrogen-bond acceptors (Lipinski definition) is 2. The van der Waals surface area contributed by atoms with Crippen LogP contribution in [0, 0.1) is 11.3 Å². The summed E-state index contributed by atoms with van der Waals surface area (Å²) in [5.74, 6) is 0. The Balaban J connectivity index is 2.41. The zero-order chi connectivity index (χ0) is 11.1. The molecule has 0 aromatic heterocycles. The van der Waals surface area contributed by atoms with Crippen molar-refractivity contribution in [3.05, 3.63) is 34.9 Å². The first kappa shape index (κ1) is 12.3. The molecule has 0 fully saturated rings. The van der Waals surface area contributed by atoms with Gasteiger partial charge < -0.3 is 0 Å². The van der Waals surface area contributed by atoms with E-state index in [0.29, 0.717) is 11.4 Å². The Bertz CT molecular complexity index is 369. The number of carbonyl (C=O) groups is 1. The van der Waals surface area contributed by atoms with Crippen molar-refractivity contribution in [1.29, 1.82) is 5.26 Å². The molecule has 1 aromatic rings. The van der Waals surface area contributed by atoms with Crippen molar-refractivity contribution in [2.24, 2.45) is 0 Å². The Labute approximate surface area is 100 Å². The summed E-state index contributed by atoms with van der Waals surface area (Å²) in [6, 6.07) is 9.01. The standard InChI is InChI=1S/C11H10ClNOSe/c12-10-5-3-9(4-6-10)11(14)15-8-2-1-7-13/h3-6H,1-2,8H2. The molecule has 1 aromatic carbocycles. The van der Waals surface area contributed by atoms with Crippen molar-refractivity contribution in [3.8, 4) is 6.07 Å². The van der Waals surface area contributed by atoms with Crippen LogP contribution in [0.2, 0.25) is 10.3 Å². The maximum atomic E-state index is 11.6. The summed E-state index contributed by atoms with van der Waals surface area (Å²) in [7, 11) is 0. The number of nitrogens with zero attached hydrogens (tertiary/aromatic N) is 1. The quantitative estimate of drug-likeness (QED) is 0.617. The number of unbranched alkanes of at least 4 members (excludes halogenated alkanes) is 1. The molecule has 0 spiro atoms. The van der Waals surface area contributed by atoms with Crippen molar-refractivity contribution >= 4 is 31.2 Å². The molecule has 0 bridgehead atoms. The molecule has 0 aliphatic rings. The van der Waals surface area contributed by atoms with Gasteiger partial charge in [-0.3, -0.25) is 0 Å². The van der Waals surface area contributed by atoms with E-state index >= 15 is 0 Å². The van der Waals surface area contributed by atoms with Crippen LogP contribution in [0.4, 0.5) is 0 Å². The second-order valence-corrected chi connectivity index (χ2v) is 5.58. The molecule has 0 saturated carbocycles. The summed E-state index contributed by atoms with van der Waals surface area (Å²) in [5.41, 5.74) is 0.719.